The van der Waals surface area contributed by atoms with Gasteiger partial charge in [-0.05, 0) is 63.1 Å². The topological polar surface area (TPSA) is 70.2 Å². The first kappa shape index (κ1) is 21.9. The molecule has 2 amide bonds. The molecule has 5 nitrogen and oxygen atoms in total. The number of anilines is 1. The minimum absolute atomic E-state index is 0. The van der Waals surface area contributed by atoms with Gasteiger partial charge in [0.05, 0.1) is 5.56 Å². The lowest BCUT2D eigenvalue weighted by Crippen LogP contribution is -2.46. The summed E-state index contributed by atoms with van der Waals surface area (Å²) in [4.78, 5) is 25.0. The molecule has 150 valence electrons. The zero-order chi connectivity index (χ0) is 19.4. The van der Waals surface area contributed by atoms with E-state index in [-0.39, 0.29) is 29.9 Å². The summed E-state index contributed by atoms with van der Waals surface area (Å²) in [7, 11) is 0. The third kappa shape index (κ3) is 5.30. The van der Waals surface area contributed by atoms with Crippen LogP contribution >= 0.6 is 12.4 Å². The van der Waals surface area contributed by atoms with Crippen LogP contribution < -0.4 is 16.0 Å². The van der Waals surface area contributed by atoms with Gasteiger partial charge in [-0.3, -0.25) is 9.59 Å². The Balaban J connectivity index is 0.00000280. The quantitative estimate of drug-likeness (QED) is 0.726. The Morgan fingerprint density at radius 2 is 1.89 bits per heavy atom. The van der Waals surface area contributed by atoms with Gasteiger partial charge in [-0.1, -0.05) is 18.2 Å². The maximum absolute atomic E-state index is 13.8. The highest BCUT2D eigenvalue weighted by Gasteiger charge is 2.21. The second-order valence-corrected chi connectivity index (χ2v) is 7.01. The fraction of sp³-hybridized carbons (Fsp3) is 0.333. The summed E-state index contributed by atoms with van der Waals surface area (Å²) in [6.45, 7) is 4.80. The van der Waals surface area contributed by atoms with Crippen molar-refractivity contribution in [2.75, 3.05) is 11.9 Å². The molecule has 0 saturated carbocycles. The number of benzene rings is 2. The molecular formula is C21H25ClFN3O2. The van der Waals surface area contributed by atoms with E-state index >= 15 is 0 Å². The first-order valence-corrected chi connectivity index (χ1v) is 9.15. The van der Waals surface area contributed by atoms with E-state index in [1.165, 1.54) is 18.2 Å². The van der Waals surface area contributed by atoms with E-state index in [0.29, 0.717) is 17.3 Å². The molecule has 1 fully saturated rings. The van der Waals surface area contributed by atoms with Crippen molar-refractivity contribution in [3.63, 3.8) is 0 Å². The molecular weight excluding hydrogens is 381 g/mol. The van der Waals surface area contributed by atoms with Gasteiger partial charge < -0.3 is 16.0 Å². The number of piperidine rings is 1. The molecule has 0 aliphatic carbocycles. The number of carbonyl (C=O) groups is 2. The van der Waals surface area contributed by atoms with Gasteiger partial charge in [0.1, 0.15) is 5.82 Å². The number of nitrogens with one attached hydrogen (secondary N) is 3. The zero-order valence-electron chi connectivity index (χ0n) is 15.9. The van der Waals surface area contributed by atoms with Crippen molar-refractivity contribution >= 4 is 29.9 Å². The first-order chi connectivity index (χ1) is 12.9. The predicted molar refractivity (Wildman–Crippen MR) is 111 cm³/mol. The molecule has 1 aliphatic rings. The summed E-state index contributed by atoms with van der Waals surface area (Å²) < 4.78 is 13.8. The Hall–Kier alpha value is -2.44. The van der Waals surface area contributed by atoms with Crippen LogP contribution in [0.5, 0.6) is 0 Å². The van der Waals surface area contributed by atoms with E-state index < -0.39 is 11.7 Å². The van der Waals surface area contributed by atoms with E-state index in [2.05, 4.69) is 22.9 Å². The summed E-state index contributed by atoms with van der Waals surface area (Å²) >= 11 is 0. The summed E-state index contributed by atoms with van der Waals surface area (Å²) in [5.41, 5.74) is 1.73. The third-order valence-electron chi connectivity index (χ3n) is 4.83. The molecule has 2 aromatic rings. The Morgan fingerprint density at radius 1 is 1.14 bits per heavy atom. The van der Waals surface area contributed by atoms with Crippen LogP contribution in [-0.4, -0.2) is 30.4 Å². The SMILES string of the molecule is Cc1ccc(C(=O)NC2CCNC(C)C2)cc1NC(=O)c1ccccc1F.Cl. The summed E-state index contributed by atoms with van der Waals surface area (Å²) in [5.74, 6) is -1.29. The molecule has 1 saturated heterocycles. The van der Waals surface area contributed by atoms with Crippen molar-refractivity contribution in [1.29, 1.82) is 0 Å². The fourth-order valence-electron chi connectivity index (χ4n) is 3.26. The molecule has 2 unspecified atom stereocenters. The Labute approximate surface area is 170 Å². The summed E-state index contributed by atoms with van der Waals surface area (Å²) in [5, 5.41) is 9.11. The van der Waals surface area contributed by atoms with Gasteiger partial charge in [0.15, 0.2) is 0 Å². The number of carbonyl (C=O) groups excluding carboxylic acids is 2. The van der Waals surface area contributed by atoms with Crippen molar-refractivity contribution in [1.82, 2.24) is 10.6 Å². The molecule has 1 heterocycles. The smallest absolute Gasteiger partial charge is 0.258 e. The molecule has 1 aliphatic heterocycles. The van der Waals surface area contributed by atoms with Crippen LogP contribution in [0.1, 0.15) is 46.0 Å². The van der Waals surface area contributed by atoms with Crippen LogP contribution in [-0.2, 0) is 0 Å². The highest BCUT2D eigenvalue weighted by atomic mass is 35.5. The third-order valence-corrected chi connectivity index (χ3v) is 4.83. The molecule has 0 radical (unpaired) electrons. The maximum Gasteiger partial charge on any atom is 0.258 e. The van der Waals surface area contributed by atoms with Crippen LogP contribution in [0.3, 0.4) is 0 Å². The Bertz CT molecular complexity index is 859. The average Bonchev–Trinajstić information content (AvgIpc) is 2.63. The van der Waals surface area contributed by atoms with Crippen LogP contribution in [0.2, 0.25) is 0 Å². The lowest BCUT2D eigenvalue weighted by Gasteiger charge is -2.28. The highest BCUT2D eigenvalue weighted by Crippen LogP contribution is 2.19. The molecule has 3 rings (SSSR count). The van der Waals surface area contributed by atoms with Gasteiger partial charge >= 0.3 is 0 Å². The van der Waals surface area contributed by atoms with Crippen LogP contribution in [0.15, 0.2) is 42.5 Å². The predicted octanol–water partition coefficient (Wildman–Crippen LogP) is 3.68. The molecule has 3 N–H and O–H groups in total. The van der Waals surface area contributed by atoms with E-state index in [0.717, 1.165) is 24.9 Å². The monoisotopic (exact) mass is 405 g/mol. The van der Waals surface area contributed by atoms with E-state index in [1.807, 2.05) is 6.92 Å². The normalized spacial score (nSPS) is 18.7. The van der Waals surface area contributed by atoms with Crippen molar-refractivity contribution in [3.05, 3.63) is 65.0 Å². The fourth-order valence-corrected chi connectivity index (χ4v) is 3.26. The van der Waals surface area contributed by atoms with Gasteiger partial charge in [-0.25, -0.2) is 4.39 Å². The number of rotatable bonds is 4. The van der Waals surface area contributed by atoms with Crippen LogP contribution in [0.25, 0.3) is 0 Å². The van der Waals surface area contributed by atoms with Crippen molar-refractivity contribution in [3.8, 4) is 0 Å². The Kier molecular flexibility index (Phi) is 7.54. The van der Waals surface area contributed by atoms with Crippen LogP contribution in [0, 0.1) is 12.7 Å². The van der Waals surface area contributed by atoms with Gasteiger partial charge in [0, 0.05) is 23.3 Å². The molecule has 0 aromatic heterocycles. The van der Waals surface area contributed by atoms with Gasteiger partial charge in [0.2, 0.25) is 0 Å². The minimum atomic E-state index is -0.582. The van der Waals surface area contributed by atoms with Crippen molar-refractivity contribution < 1.29 is 14.0 Å². The number of aryl methyl sites for hydroxylation is 1. The standard InChI is InChI=1S/C21H24FN3O2.ClH/c1-13-7-8-15(20(26)24-16-9-10-23-14(2)11-16)12-19(13)25-21(27)17-5-3-4-6-18(17)22;/h3-8,12,14,16,23H,9-11H2,1-2H3,(H,24,26)(H,25,27);1H. The number of hydrogen-bond acceptors (Lipinski definition) is 3. The average molecular weight is 406 g/mol. The molecule has 0 bridgehead atoms. The number of halogens is 2. The van der Waals surface area contributed by atoms with Gasteiger partial charge in [0.25, 0.3) is 11.8 Å². The Morgan fingerprint density at radius 3 is 2.61 bits per heavy atom. The van der Waals surface area contributed by atoms with Gasteiger partial charge in [-0.15, -0.1) is 12.4 Å². The zero-order valence-corrected chi connectivity index (χ0v) is 16.7. The second-order valence-electron chi connectivity index (χ2n) is 7.01. The molecule has 28 heavy (non-hydrogen) atoms. The van der Waals surface area contributed by atoms with Crippen LogP contribution in [0.4, 0.5) is 10.1 Å². The molecule has 7 heteroatoms. The van der Waals surface area contributed by atoms with Crippen molar-refractivity contribution in [2.24, 2.45) is 0 Å². The van der Waals surface area contributed by atoms with E-state index in [1.54, 1.807) is 24.3 Å². The lowest BCUT2D eigenvalue weighted by atomic mass is 10.00. The minimum Gasteiger partial charge on any atom is -0.349 e. The molecule has 2 aromatic carbocycles. The molecule has 2 atom stereocenters. The summed E-state index contributed by atoms with van der Waals surface area (Å²) in [6.07, 6.45) is 1.77. The van der Waals surface area contributed by atoms with Crippen molar-refractivity contribution in [2.45, 2.75) is 38.8 Å². The molecule has 0 spiro atoms. The second kappa shape index (κ2) is 9.66. The van der Waals surface area contributed by atoms with Gasteiger partial charge in [-0.2, -0.15) is 0 Å². The summed E-state index contributed by atoms with van der Waals surface area (Å²) in [6, 6.07) is 11.4. The maximum atomic E-state index is 13.8. The largest absolute Gasteiger partial charge is 0.349 e. The number of hydrogen-bond donors (Lipinski definition) is 3. The number of amides is 2. The van der Waals surface area contributed by atoms with E-state index in [9.17, 15) is 14.0 Å². The highest BCUT2D eigenvalue weighted by molar-refractivity contribution is 6.05. The lowest BCUT2D eigenvalue weighted by molar-refractivity contribution is 0.0924. The first-order valence-electron chi connectivity index (χ1n) is 9.15. The van der Waals surface area contributed by atoms with E-state index in [4.69, 9.17) is 0 Å².